The van der Waals surface area contributed by atoms with Gasteiger partial charge in [-0.15, -0.1) is 0 Å². The monoisotopic (exact) mass is 475 g/mol. The smallest absolute Gasteiger partial charge is 0.279 e. The number of sulfonamides is 1. The van der Waals surface area contributed by atoms with E-state index in [0.717, 1.165) is 11.6 Å². The summed E-state index contributed by atoms with van der Waals surface area (Å²) in [6.45, 7) is 2.09. The minimum absolute atomic E-state index is 0.173. The van der Waals surface area contributed by atoms with Crippen LogP contribution in [0.4, 0.5) is 10.1 Å². The molecule has 1 amide bonds. The van der Waals surface area contributed by atoms with Crippen LogP contribution < -0.4 is 10.2 Å². The van der Waals surface area contributed by atoms with E-state index >= 15 is 0 Å². The second-order valence-corrected chi connectivity index (χ2v) is 9.37. The highest BCUT2D eigenvalue weighted by atomic mass is 32.2. The van der Waals surface area contributed by atoms with Crippen molar-refractivity contribution in [3.05, 3.63) is 125 Å². The molecule has 0 aliphatic heterocycles. The molecular formula is C26H22FN3O3S. The molecular weight excluding hydrogens is 453 g/mol. The average molecular weight is 476 g/mol. The largest absolute Gasteiger partial charge is 0.328 e. The van der Waals surface area contributed by atoms with Crippen molar-refractivity contribution in [1.29, 1.82) is 0 Å². The Balaban J connectivity index is 1.59. The topological polar surface area (TPSA) is 80.5 Å². The van der Waals surface area contributed by atoms with Crippen LogP contribution in [0.2, 0.25) is 0 Å². The van der Waals surface area contributed by atoms with Gasteiger partial charge in [-0.3, -0.25) is 9.52 Å². The number of rotatable bonds is 6. The molecule has 0 bridgehead atoms. The predicted octanol–water partition coefficient (Wildman–Crippen LogP) is 4.53. The molecule has 34 heavy (non-hydrogen) atoms. The van der Waals surface area contributed by atoms with Crippen molar-refractivity contribution in [3.63, 3.8) is 0 Å². The highest BCUT2D eigenvalue weighted by Gasteiger charge is 2.16. The molecule has 0 aliphatic carbocycles. The SMILES string of the molecule is Cc1ccc(S(=O)(=O)Nc2cccc(C(=O)N=c3ccccn3Cc3ccccc3)c2)cc1F. The van der Waals surface area contributed by atoms with Gasteiger partial charge in [-0.2, -0.15) is 4.99 Å². The third-order valence-corrected chi connectivity index (χ3v) is 6.52. The first kappa shape index (κ1) is 23.1. The molecule has 0 saturated heterocycles. The van der Waals surface area contributed by atoms with Crippen LogP contribution >= 0.6 is 0 Å². The van der Waals surface area contributed by atoms with E-state index in [9.17, 15) is 17.6 Å². The van der Waals surface area contributed by atoms with Crippen molar-refractivity contribution in [2.45, 2.75) is 18.4 Å². The Bertz CT molecular complexity index is 1510. The molecule has 0 saturated carbocycles. The van der Waals surface area contributed by atoms with E-state index in [-0.39, 0.29) is 16.1 Å². The Morgan fingerprint density at radius 3 is 2.47 bits per heavy atom. The maximum atomic E-state index is 13.8. The van der Waals surface area contributed by atoms with Crippen LogP contribution in [0.5, 0.6) is 0 Å². The summed E-state index contributed by atoms with van der Waals surface area (Å²) in [7, 11) is -4.03. The summed E-state index contributed by atoms with van der Waals surface area (Å²) in [5, 5.41) is 0. The molecule has 4 rings (SSSR count). The molecule has 0 fully saturated rings. The van der Waals surface area contributed by atoms with Crippen molar-refractivity contribution in [3.8, 4) is 0 Å². The van der Waals surface area contributed by atoms with Gasteiger partial charge in [0.2, 0.25) is 0 Å². The number of pyridine rings is 1. The van der Waals surface area contributed by atoms with E-state index in [1.165, 1.54) is 24.3 Å². The number of carbonyl (C=O) groups excluding carboxylic acids is 1. The van der Waals surface area contributed by atoms with Crippen molar-refractivity contribution >= 4 is 21.6 Å². The summed E-state index contributed by atoms with van der Waals surface area (Å²) in [5.74, 6) is -1.13. The zero-order valence-electron chi connectivity index (χ0n) is 18.4. The quantitative estimate of drug-likeness (QED) is 0.445. The number of nitrogens with zero attached hydrogens (tertiary/aromatic N) is 2. The minimum atomic E-state index is -4.03. The number of anilines is 1. The van der Waals surface area contributed by atoms with E-state index in [1.54, 1.807) is 31.2 Å². The van der Waals surface area contributed by atoms with Crippen LogP contribution in [0.15, 0.2) is 107 Å². The van der Waals surface area contributed by atoms with Crippen LogP contribution in [0.25, 0.3) is 0 Å². The molecule has 0 spiro atoms. The maximum absolute atomic E-state index is 13.8. The lowest BCUT2D eigenvalue weighted by atomic mass is 10.2. The maximum Gasteiger partial charge on any atom is 0.279 e. The lowest BCUT2D eigenvalue weighted by molar-refractivity contribution is 0.0997. The van der Waals surface area contributed by atoms with Crippen LogP contribution in [0, 0.1) is 12.7 Å². The Labute approximate surface area is 197 Å². The van der Waals surface area contributed by atoms with Crippen LogP contribution in [0.1, 0.15) is 21.5 Å². The Hall–Kier alpha value is -4.04. The van der Waals surface area contributed by atoms with Crippen LogP contribution in [-0.4, -0.2) is 18.9 Å². The van der Waals surface area contributed by atoms with Crippen LogP contribution in [-0.2, 0) is 16.6 Å². The fraction of sp³-hybridized carbons (Fsp3) is 0.0769. The highest BCUT2D eigenvalue weighted by Crippen LogP contribution is 2.19. The van der Waals surface area contributed by atoms with Gasteiger partial charge in [0.05, 0.1) is 4.90 Å². The molecule has 0 unspecified atom stereocenters. The van der Waals surface area contributed by atoms with Crippen molar-refractivity contribution < 1.29 is 17.6 Å². The number of aryl methyl sites for hydroxylation is 1. The summed E-state index contributed by atoms with van der Waals surface area (Å²) in [4.78, 5) is 16.9. The number of benzene rings is 3. The van der Waals surface area contributed by atoms with Gasteiger partial charge in [0.1, 0.15) is 11.3 Å². The molecule has 6 nitrogen and oxygen atoms in total. The summed E-state index contributed by atoms with van der Waals surface area (Å²) >= 11 is 0. The fourth-order valence-electron chi connectivity index (χ4n) is 3.32. The lowest BCUT2D eigenvalue weighted by Crippen LogP contribution is -2.22. The van der Waals surface area contributed by atoms with E-state index in [4.69, 9.17) is 0 Å². The molecule has 0 aliphatic rings. The molecule has 3 aromatic carbocycles. The van der Waals surface area contributed by atoms with Gasteiger partial charge in [-0.05, 0) is 60.5 Å². The van der Waals surface area contributed by atoms with E-state index in [0.29, 0.717) is 17.6 Å². The minimum Gasteiger partial charge on any atom is -0.328 e. The number of carbonyl (C=O) groups is 1. The van der Waals surface area contributed by atoms with Gasteiger partial charge in [0.15, 0.2) is 0 Å². The second kappa shape index (κ2) is 9.84. The van der Waals surface area contributed by atoms with E-state index < -0.39 is 21.7 Å². The normalized spacial score (nSPS) is 11.9. The summed E-state index contributed by atoms with van der Waals surface area (Å²) < 4.78 is 43.4. The average Bonchev–Trinajstić information content (AvgIpc) is 2.82. The number of amides is 1. The lowest BCUT2D eigenvalue weighted by Gasteiger charge is -2.10. The highest BCUT2D eigenvalue weighted by molar-refractivity contribution is 7.92. The van der Waals surface area contributed by atoms with Crippen molar-refractivity contribution in [1.82, 2.24) is 4.57 Å². The van der Waals surface area contributed by atoms with Crippen molar-refractivity contribution in [2.24, 2.45) is 4.99 Å². The third kappa shape index (κ3) is 5.47. The van der Waals surface area contributed by atoms with E-state index in [2.05, 4.69) is 9.71 Å². The number of nitrogens with one attached hydrogen (secondary N) is 1. The van der Waals surface area contributed by atoms with Gasteiger partial charge >= 0.3 is 0 Å². The first-order valence-electron chi connectivity index (χ1n) is 10.5. The molecule has 1 N–H and O–H groups in total. The van der Waals surface area contributed by atoms with Gasteiger partial charge in [-0.1, -0.05) is 48.5 Å². The Morgan fingerprint density at radius 2 is 1.71 bits per heavy atom. The zero-order valence-corrected chi connectivity index (χ0v) is 19.2. The molecule has 0 atom stereocenters. The van der Waals surface area contributed by atoms with Crippen molar-refractivity contribution in [2.75, 3.05) is 4.72 Å². The number of hydrogen-bond donors (Lipinski definition) is 1. The first-order chi connectivity index (χ1) is 16.3. The Morgan fingerprint density at radius 1 is 0.941 bits per heavy atom. The van der Waals surface area contributed by atoms with Gasteiger partial charge < -0.3 is 4.57 Å². The van der Waals surface area contributed by atoms with E-state index in [1.807, 2.05) is 47.2 Å². The zero-order chi connectivity index (χ0) is 24.1. The molecule has 4 aromatic rings. The fourth-order valence-corrected chi connectivity index (χ4v) is 4.38. The molecule has 0 radical (unpaired) electrons. The summed E-state index contributed by atoms with van der Waals surface area (Å²) in [6, 6.07) is 24.9. The number of hydrogen-bond acceptors (Lipinski definition) is 3. The summed E-state index contributed by atoms with van der Waals surface area (Å²) in [6.07, 6.45) is 1.84. The van der Waals surface area contributed by atoms with Gasteiger partial charge in [0, 0.05) is 24.0 Å². The molecule has 1 aromatic heterocycles. The standard InChI is InChI=1S/C26H22FN3O3S/c1-19-13-14-23(17-24(19)27)34(32,33)29-22-11-7-10-21(16-22)26(31)28-25-12-5-6-15-30(25)18-20-8-3-2-4-9-20/h2-17,29H,18H2,1H3. The molecule has 8 heteroatoms. The van der Waals surface area contributed by atoms with Gasteiger partial charge in [0.25, 0.3) is 15.9 Å². The second-order valence-electron chi connectivity index (χ2n) is 7.69. The number of halogens is 1. The predicted molar refractivity (Wildman–Crippen MR) is 128 cm³/mol. The van der Waals surface area contributed by atoms with Crippen LogP contribution in [0.3, 0.4) is 0 Å². The number of aromatic nitrogens is 1. The summed E-state index contributed by atoms with van der Waals surface area (Å²) in [5.41, 5.74) is 2.26. The molecule has 1 heterocycles. The first-order valence-corrected chi connectivity index (χ1v) is 12.0. The van der Waals surface area contributed by atoms with Gasteiger partial charge in [-0.25, -0.2) is 12.8 Å². The Kier molecular flexibility index (Phi) is 6.70. The third-order valence-electron chi connectivity index (χ3n) is 5.14. The molecule has 172 valence electrons.